The zero-order valence-corrected chi connectivity index (χ0v) is 10.8. The summed E-state index contributed by atoms with van der Waals surface area (Å²) < 4.78 is 0. The first-order valence-corrected chi connectivity index (χ1v) is 7.48. The van der Waals surface area contributed by atoms with E-state index in [2.05, 4.69) is 36.8 Å². The first-order valence-electron chi connectivity index (χ1n) is 5.44. The third-order valence-corrected chi connectivity index (χ3v) is 3.92. The van der Waals surface area contributed by atoms with Crippen LogP contribution >= 0.6 is 0 Å². The summed E-state index contributed by atoms with van der Waals surface area (Å²) in [5, 5.41) is 0. The molecule has 0 saturated heterocycles. The Morgan fingerprint density at radius 1 is 0.824 bits per heavy atom. The first-order chi connectivity index (χ1) is 8.20. The fraction of sp³-hybridized carbons (Fsp3) is 0.133. The van der Waals surface area contributed by atoms with E-state index in [1.54, 1.807) is 0 Å². The van der Waals surface area contributed by atoms with Gasteiger partial charge in [-0.2, -0.15) is 0 Å². The minimum absolute atomic E-state index is 0.305. The van der Waals surface area contributed by atoms with Gasteiger partial charge in [0.2, 0.25) is 0 Å². The van der Waals surface area contributed by atoms with Gasteiger partial charge in [-0.05, 0) is 35.4 Å². The number of hydrogen-bond acceptors (Lipinski definition) is 1. The molecule has 0 aromatic heterocycles. The lowest BCUT2D eigenvalue weighted by molar-refractivity contribution is 0.112. The Morgan fingerprint density at radius 3 is 1.71 bits per heavy atom. The molecule has 0 bridgehead atoms. The van der Waals surface area contributed by atoms with Crippen molar-refractivity contribution in [3.05, 3.63) is 54.1 Å². The molecular formula is C15H15OS+. The third kappa shape index (κ3) is 2.77. The quantitative estimate of drug-likeness (QED) is 0.596. The molecule has 0 saturated carbocycles. The molecule has 2 aromatic rings. The second-order valence-corrected chi connectivity index (χ2v) is 6.19. The molecule has 17 heavy (non-hydrogen) atoms. The Balaban J connectivity index is 2.29. The maximum Gasteiger partial charge on any atom is 0.154 e. The van der Waals surface area contributed by atoms with E-state index < -0.39 is 0 Å². The van der Waals surface area contributed by atoms with Crippen molar-refractivity contribution in [1.29, 1.82) is 0 Å². The minimum atomic E-state index is 0.305. The smallest absolute Gasteiger partial charge is 0.154 e. The van der Waals surface area contributed by atoms with E-state index in [1.165, 1.54) is 10.5 Å². The molecule has 2 aromatic carbocycles. The molecule has 86 valence electrons. The molecule has 0 unspecified atom stereocenters. The van der Waals surface area contributed by atoms with Gasteiger partial charge >= 0.3 is 0 Å². The molecule has 0 radical (unpaired) electrons. The van der Waals surface area contributed by atoms with E-state index in [4.69, 9.17) is 0 Å². The van der Waals surface area contributed by atoms with Crippen LogP contribution < -0.4 is 0 Å². The molecule has 1 nitrogen and oxygen atoms in total. The maximum absolute atomic E-state index is 10.6. The highest BCUT2D eigenvalue weighted by Gasteiger charge is 2.07. The van der Waals surface area contributed by atoms with Gasteiger partial charge in [0.1, 0.15) is 18.8 Å². The molecule has 0 atom stereocenters. The number of carbonyl (C=O) groups is 1. The summed E-state index contributed by atoms with van der Waals surface area (Å²) in [5.74, 6) is 0. The van der Waals surface area contributed by atoms with Crippen LogP contribution in [0.4, 0.5) is 0 Å². The summed E-state index contributed by atoms with van der Waals surface area (Å²) in [4.78, 5) is 11.9. The Hall–Kier alpha value is -1.54. The SMILES string of the molecule is C[S+](C)c1ccc(-c2ccc(C=O)cc2)cc1. The second kappa shape index (κ2) is 5.19. The summed E-state index contributed by atoms with van der Waals surface area (Å²) in [6.07, 6.45) is 5.30. The third-order valence-electron chi connectivity index (χ3n) is 2.71. The van der Waals surface area contributed by atoms with Crippen molar-refractivity contribution < 1.29 is 4.79 Å². The van der Waals surface area contributed by atoms with Gasteiger partial charge in [-0.15, -0.1) is 0 Å². The van der Waals surface area contributed by atoms with Crippen LogP contribution in [0.15, 0.2) is 53.4 Å². The predicted octanol–water partition coefficient (Wildman–Crippen LogP) is 3.40. The van der Waals surface area contributed by atoms with E-state index in [9.17, 15) is 4.79 Å². The van der Waals surface area contributed by atoms with Gasteiger partial charge in [0.15, 0.2) is 4.90 Å². The van der Waals surface area contributed by atoms with E-state index in [0.717, 1.165) is 11.8 Å². The Morgan fingerprint density at radius 2 is 1.29 bits per heavy atom. The highest BCUT2D eigenvalue weighted by molar-refractivity contribution is 7.95. The molecule has 0 fully saturated rings. The predicted molar refractivity (Wildman–Crippen MR) is 74.7 cm³/mol. The van der Waals surface area contributed by atoms with Crippen molar-refractivity contribution >= 4 is 17.2 Å². The van der Waals surface area contributed by atoms with Crippen LogP contribution in [0.1, 0.15) is 10.4 Å². The summed E-state index contributed by atoms with van der Waals surface area (Å²) in [6, 6.07) is 16.3. The van der Waals surface area contributed by atoms with Crippen molar-refractivity contribution in [3.8, 4) is 11.1 Å². The molecule has 0 aliphatic rings. The second-order valence-electron chi connectivity index (χ2n) is 4.08. The monoisotopic (exact) mass is 243 g/mol. The van der Waals surface area contributed by atoms with Crippen LogP contribution in [0.3, 0.4) is 0 Å². The average molecular weight is 243 g/mol. The standard InChI is InChI=1S/C15H15OS/c1-17(2)15-9-7-14(8-10-15)13-5-3-12(11-16)4-6-13/h3-11H,1-2H3/q+1. The van der Waals surface area contributed by atoms with Crippen LogP contribution in [0.2, 0.25) is 0 Å². The lowest BCUT2D eigenvalue weighted by atomic mass is 10.0. The largest absolute Gasteiger partial charge is 0.298 e. The van der Waals surface area contributed by atoms with E-state index >= 15 is 0 Å². The highest BCUT2D eigenvalue weighted by atomic mass is 32.2. The van der Waals surface area contributed by atoms with Gasteiger partial charge in [0.05, 0.1) is 0 Å². The maximum atomic E-state index is 10.6. The van der Waals surface area contributed by atoms with Crippen molar-refractivity contribution in [2.24, 2.45) is 0 Å². The molecular weight excluding hydrogens is 228 g/mol. The number of benzene rings is 2. The number of rotatable bonds is 3. The highest BCUT2D eigenvalue weighted by Crippen LogP contribution is 2.21. The molecule has 0 N–H and O–H groups in total. The molecule has 0 amide bonds. The molecule has 0 aliphatic heterocycles. The van der Waals surface area contributed by atoms with Crippen LogP contribution in [0, 0.1) is 0 Å². The Bertz CT molecular complexity index is 497. The van der Waals surface area contributed by atoms with Crippen LogP contribution in [-0.2, 0) is 10.9 Å². The van der Waals surface area contributed by atoms with Gasteiger partial charge in [-0.25, -0.2) is 0 Å². The topological polar surface area (TPSA) is 17.1 Å². The molecule has 0 spiro atoms. The van der Waals surface area contributed by atoms with E-state index in [0.29, 0.717) is 16.5 Å². The molecule has 2 heteroatoms. The normalized spacial score (nSPS) is 10.5. The fourth-order valence-electron chi connectivity index (χ4n) is 1.67. The van der Waals surface area contributed by atoms with E-state index in [-0.39, 0.29) is 0 Å². The summed E-state index contributed by atoms with van der Waals surface area (Å²) in [7, 11) is 0.305. The molecule has 2 rings (SSSR count). The number of aldehydes is 1. The van der Waals surface area contributed by atoms with E-state index in [1.807, 2.05) is 24.3 Å². The van der Waals surface area contributed by atoms with Gasteiger partial charge in [0.25, 0.3) is 0 Å². The fourth-order valence-corrected chi connectivity index (χ4v) is 2.35. The van der Waals surface area contributed by atoms with Crippen molar-refractivity contribution in [3.63, 3.8) is 0 Å². The van der Waals surface area contributed by atoms with Crippen molar-refractivity contribution in [2.75, 3.05) is 12.5 Å². The zero-order chi connectivity index (χ0) is 12.3. The minimum Gasteiger partial charge on any atom is -0.298 e. The number of carbonyl (C=O) groups excluding carboxylic acids is 1. The average Bonchev–Trinajstić information content (AvgIpc) is 2.39. The lowest BCUT2D eigenvalue weighted by Crippen LogP contribution is -1.94. The van der Waals surface area contributed by atoms with Gasteiger partial charge in [0, 0.05) is 16.5 Å². The summed E-state index contributed by atoms with van der Waals surface area (Å²) in [5.41, 5.74) is 3.06. The van der Waals surface area contributed by atoms with Gasteiger partial charge in [-0.3, -0.25) is 4.79 Å². The van der Waals surface area contributed by atoms with Crippen LogP contribution in [0.5, 0.6) is 0 Å². The molecule has 0 aliphatic carbocycles. The first kappa shape index (κ1) is 11.9. The molecule has 0 heterocycles. The van der Waals surface area contributed by atoms with Crippen molar-refractivity contribution in [1.82, 2.24) is 0 Å². The van der Waals surface area contributed by atoms with Crippen molar-refractivity contribution in [2.45, 2.75) is 4.90 Å². The number of hydrogen-bond donors (Lipinski definition) is 0. The Labute approximate surface area is 105 Å². The van der Waals surface area contributed by atoms with Crippen LogP contribution in [-0.4, -0.2) is 18.8 Å². The lowest BCUT2D eigenvalue weighted by Gasteiger charge is -2.02. The van der Waals surface area contributed by atoms with Gasteiger partial charge in [-0.1, -0.05) is 24.3 Å². The zero-order valence-electron chi connectivity index (χ0n) is 10.0. The van der Waals surface area contributed by atoms with Crippen LogP contribution in [0.25, 0.3) is 11.1 Å². The summed E-state index contributed by atoms with van der Waals surface area (Å²) in [6.45, 7) is 0. The van der Waals surface area contributed by atoms with Gasteiger partial charge < -0.3 is 0 Å². The Kier molecular flexibility index (Phi) is 3.64. The summed E-state index contributed by atoms with van der Waals surface area (Å²) >= 11 is 0.